The van der Waals surface area contributed by atoms with Gasteiger partial charge in [-0.3, -0.25) is 0 Å². The summed E-state index contributed by atoms with van der Waals surface area (Å²) in [4.78, 5) is 4.65. The van der Waals surface area contributed by atoms with Crippen LogP contribution >= 0.6 is 0 Å². The Morgan fingerprint density at radius 3 is 0.892 bits per heavy atom. The van der Waals surface area contributed by atoms with Gasteiger partial charge in [0.05, 0.1) is 55.4 Å². The van der Waals surface area contributed by atoms with E-state index >= 15 is 0 Å². The van der Waals surface area contributed by atoms with Gasteiger partial charge in [-0.05, 0) is 167 Å². The van der Waals surface area contributed by atoms with E-state index in [1.807, 2.05) is 109 Å². The Kier molecular flexibility index (Phi) is 12.0. The summed E-state index contributed by atoms with van der Waals surface area (Å²) in [6.45, 7) is 5.75. The van der Waals surface area contributed by atoms with Gasteiger partial charge in [-0.1, -0.05) is 348 Å². The third kappa shape index (κ3) is 11.0. The van der Waals surface area contributed by atoms with Gasteiger partial charge in [-0.15, -0.1) is 0 Å². The summed E-state index contributed by atoms with van der Waals surface area (Å²) < 4.78 is 155. The molecule has 4 heterocycles. The van der Waals surface area contributed by atoms with Crippen LogP contribution < -0.4 is 26.2 Å². The van der Waals surface area contributed by atoms with Crippen LogP contribution in [0.2, 0.25) is 0 Å². The van der Waals surface area contributed by atoms with Gasteiger partial charge in [-0.2, -0.15) is 0 Å². The number of aromatic nitrogens is 2. The molecule has 0 saturated heterocycles. The van der Waals surface area contributed by atoms with Crippen molar-refractivity contribution < 1.29 is 21.9 Å². The SMILES string of the molecule is [2H]c1c([2H])c([2H])c2c(c1[2H])c1c([2H])c([2H])c([2H])c([2H])c1n2-c1ccc2c(c1)N(c1c(-c3ccccc3)cccc1-c1cccc(-c3ccc(-c4ccccc4)cc3)c1)c1cc(C(C)(C)C)cc3c1B2c1ccc(-n2c4c([2H])c([2H])c([2H])c([2H])c4c4c([2H])c([2H])c([2H])c([2H])c42)cc1N3c1c(-c2ccccc2)cccc1-c1cccc(-c2ccc(-c3ccccc3)cc2)c1. The normalized spacial score (nSPS) is 14.4. The van der Waals surface area contributed by atoms with E-state index in [4.69, 9.17) is 5.48 Å². The quantitative estimate of drug-likeness (QED) is 0.113. The van der Waals surface area contributed by atoms with Crippen molar-refractivity contribution in [1.29, 1.82) is 0 Å². The molecule has 21 rings (SSSR count). The molecule has 0 bridgehead atoms. The van der Waals surface area contributed by atoms with E-state index < -0.39 is 109 Å². The molecule has 2 aliphatic heterocycles. The van der Waals surface area contributed by atoms with Gasteiger partial charge in [0.25, 0.3) is 6.71 Å². The minimum absolute atomic E-state index is 0.0580. The highest BCUT2D eigenvalue weighted by atomic mass is 15.2. The molecular weight excluding hydrogens is 1340 g/mol. The van der Waals surface area contributed by atoms with Crippen LogP contribution in [0.5, 0.6) is 0 Å². The Morgan fingerprint density at radius 2 is 0.541 bits per heavy atom. The predicted octanol–water partition coefficient (Wildman–Crippen LogP) is 26.6. The summed E-state index contributed by atoms with van der Waals surface area (Å²) in [6, 6.07) is 95.8. The van der Waals surface area contributed by atoms with Crippen molar-refractivity contribution in [3.63, 3.8) is 0 Å². The predicted molar refractivity (Wildman–Crippen MR) is 471 cm³/mol. The van der Waals surface area contributed by atoms with Gasteiger partial charge in [0.15, 0.2) is 0 Å². The molecule has 0 amide bonds. The minimum atomic E-state index is -0.788. The highest BCUT2D eigenvalue weighted by molar-refractivity contribution is 7.00. The first-order chi connectivity index (χ1) is 61.4. The lowest BCUT2D eigenvalue weighted by atomic mass is 9.33. The van der Waals surface area contributed by atoms with E-state index in [2.05, 4.69) is 225 Å². The van der Waals surface area contributed by atoms with Crippen molar-refractivity contribution in [2.75, 3.05) is 9.80 Å². The number of para-hydroxylation sites is 6. The number of nitrogens with zero attached hydrogens (tertiary/aromatic N) is 4. The standard InChI is InChI=1S/C106H75BN4/c1-106(2,3)82-66-101-103-102(67-82)111(105-86(77-34-14-7-15-35-77)45-27-47-88(105)81-39-25-37-79(65-81)75-58-54-73(55-59-75)71-30-10-5-11-31-71)100-69-84(109-97-50-22-18-42-91(97)92-43-19-23-51-98(92)109)61-63-94(100)107(103)93-62-60-83(108-95-48-20-16-40-89(95)90-41-17-21-49-96(90)108)68-99(93)110(101)104-85(76-32-12-6-13-33-76)44-26-46-87(104)80-38-24-36-78(64-80)74-56-52-72(53-57-74)70-28-8-4-9-29-70/h4-69H,1-3H3/i16D,17D,18D,19D,20D,21D,22D,23D,40D,41D,42D,43D,48D,49D,50D,51D. The first kappa shape index (κ1) is 50.5. The van der Waals surface area contributed by atoms with Crippen molar-refractivity contribution in [3.05, 3.63) is 406 Å². The molecular formula is C106H75BN4. The van der Waals surface area contributed by atoms with E-state index in [0.717, 1.165) is 134 Å². The summed E-state index contributed by atoms with van der Waals surface area (Å²) in [5.74, 6) is 0. The third-order valence-electron chi connectivity index (χ3n) is 22.2. The molecule has 0 saturated carbocycles. The van der Waals surface area contributed by atoms with E-state index in [1.54, 1.807) is 9.13 Å². The van der Waals surface area contributed by atoms with Gasteiger partial charge < -0.3 is 18.9 Å². The number of hydrogen-bond donors (Lipinski definition) is 0. The third-order valence-corrected chi connectivity index (χ3v) is 22.2. The summed E-state index contributed by atoms with van der Waals surface area (Å²) in [7, 11) is 0. The summed E-state index contributed by atoms with van der Waals surface area (Å²) in [6.07, 6.45) is 0. The van der Waals surface area contributed by atoms with Crippen LogP contribution in [0.25, 0.3) is 144 Å². The number of anilines is 6. The first-order valence-electron chi connectivity index (χ1n) is 45.3. The molecule has 0 atom stereocenters. The molecule has 111 heavy (non-hydrogen) atoms. The fourth-order valence-corrected chi connectivity index (χ4v) is 17.0. The molecule has 2 aliphatic rings. The highest BCUT2D eigenvalue weighted by Crippen LogP contribution is 2.55. The number of fused-ring (bicyclic) bond motifs is 10. The van der Waals surface area contributed by atoms with Crippen molar-refractivity contribution in [2.45, 2.75) is 26.2 Å². The van der Waals surface area contributed by atoms with E-state index in [-0.39, 0.29) is 43.6 Å². The maximum absolute atomic E-state index is 9.92. The summed E-state index contributed by atoms with van der Waals surface area (Å²) in [5.41, 5.74) is 22.0. The Hall–Kier alpha value is -14.0. The van der Waals surface area contributed by atoms with Crippen molar-refractivity contribution in [3.8, 4) is 100 Å². The van der Waals surface area contributed by atoms with Crippen LogP contribution in [0, 0.1) is 0 Å². The van der Waals surface area contributed by atoms with E-state index in [1.165, 1.54) is 0 Å². The number of benzene rings is 17. The van der Waals surface area contributed by atoms with Gasteiger partial charge >= 0.3 is 0 Å². The van der Waals surface area contributed by atoms with Crippen LogP contribution in [0.1, 0.15) is 48.3 Å². The molecule has 0 N–H and O–H groups in total. The molecule has 0 unspecified atom stereocenters. The van der Waals surface area contributed by atoms with Crippen LogP contribution in [0.15, 0.2) is 400 Å². The molecule has 0 fully saturated rings. The van der Waals surface area contributed by atoms with Crippen LogP contribution in [-0.4, -0.2) is 15.8 Å². The van der Waals surface area contributed by atoms with Crippen molar-refractivity contribution >= 4 is 101 Å². The fraction of sp³-hybridized carbons (Fsp3) is 0.0377. The van der Waals surface area contributed by atoms with Crippen LogP contribution in [0.4, 0.5) is 34.1 Å². The maximum Gasteiger partial charge on any atom is 0.252 e. The Balaban J connectivity index is 0.920. The average Bonchev–Trinajstić information content (AvgIpc) is 1.55. The second-order valence-electron chi connectivity index (χ2n) is 29.5. The molecule has 5 heteroatoms. The minimum Gasteiger partial charge on any atom is -0.310 e. The zero-order valence-corrected chi connectivity index (χ0v) is 60.7. The molecule has 0 radical (unpaired) electrons. The Morgan fingerprint density at radius 1 is 0.252 bits per heavy atom. The van der Waals surface area contributed by atoms with Crippen LogP contribution in [-0.2, 0) is 5.41 Å². The Labute approximate surface area is 670 Å². The average molecular weight is 1430 g/mol. The van der Waals surface area contributed by atoms with E-state index in [9.17, 15) is 16.4 Å². The molecule has 4 nitrogen and oxygen atoms in total. The Bertz CT molecular complexity index is 7270. The molecule has 17 aromatic carbocycles. The van der Waals surface area contributed by atoms with Gasteiger partial charge in [0.2, 0.25) is 0 Å². The molecule has 0 aliphatic carbocycles. The lowest BCUT2D eigenvalue weighted by Crippen LogP contribution is -2.61. The lowest BCUT2D eigenvalue weighted by Gasteiger charge is -2.46. The summed E-state index contributed by atoms with van der Waals surface area (Å²) >= 11 is 0. The second kappa shape index (κ2) is 26.4. The number of hydrogen-bond acceptors (Lipinski definition) is 2. The first-order valence-corrected chi connectivity index (χ1v) is 37.3. The molecule has 2 aromatic heterocycles. The van der Waals surface area contributed by atoms with Crippen molar-refractivity contribution in [1.82, 2.24) is 9.13 Å². The largest absolute Gasteiger partial charge is 0.310 e. The van der Waals surface area contributed by atoms with Gasteiger partial charge in [0.1, 0.15) is 0 Å². The molecule has 522 valence electrons. The zero-order valence-electron chi connectivity index (χ0n) is 76.7. The monoisotopic (exact) mass is 1430 g/mol. The molecule has 0 spiro atoms. The van der Waals surface area contributed by atoms with Crippen molar-refractivity contribution in [2.24, 2.45) is 0 Å². The maximum atomic E-state index is 9.92. The molecule has 19 aromatic rings. The highest BCUT2D eigenvalue weighted by Gasteiger charge is 2.46. The van der Waals surface area contributed by atoms with Crippen LogP contribution in [0.3, 0.4) is 0 Å². The smallest absolute Gasteiger partial charge is 0.252 e. The van der Waals surface area contributed by atoms with Gasteiger partial charge in [-0.25, -0.2) is 0 Å². The zero-order chi connectivity index (χ0) is 87.8. The lowest BCUT2D eigenvalue weighted by molar-refractivity contribution is 0.590. The van der Waals surface area contributed by atoms with Gasteiger partial charge in [0, 0.05) is 77.9 Å². The topological polar surface area (TPSA) is 16.3 Å². The fourth-order valence-electron chi connectivity index (χ4n) is 17.0. The van der Waals surface area contributed by atoms with E-state index in [0.29, 0.717) is 22.7 Å². The second-order valence-corrected chi connectivity index (χ2v) is 29.5. The number of rotatable bonds is 12. The summed E-state index contributed by atoms with van der Waals surface area (Å²) in [5, 5.41) is -0.316.